The minimum absolute atomic E-state index is 0.0747. The maximum absolute atomic E-state index is 13.6. The molecular formula is C24H19FN4O7. The number of amides is 2. The number of rotatable bonds is 7. The Balaban J connectivity index is 1.67. The van der Waals surface area contributed by atoms with E-state index in [0.29, 0.717) is 5.56 Å². The molecule has 0 aliphatic heterocycles. The highest BCUT2D eigenvalue weighted by Gasteiger charge is 2.17. The van der Waals surface area contributed by atoms with Gasteiger partial charge < -0.3 is 14.8 Å². The summed E-state index contributed by atoms with van der Waals surface area (Å²) in [5, 5.41) is 16.8. The van der Waals surface area contributed by atoms with Crippen LogP contribution in [0.1, 0.15) is 22.8 Å². The number of hydrazone groups is 1. The molecule has 0 aliphatic carbocycles. The van der Waals surface area contributed by atoms with Crippen molar-refractivity contribution in [2.75, 3.05) is 12.4 Å². The van der Waals surface area contributed by atoms with Gasteiger partial charge in [-0.1, -0.05) is 12.1 Å². The zero-order valence-corrected chi connectivity index (χ0v) is 19.0. The van der Waals surface area contributed by atoms with Gasteiger partial charge in [0.2, 0.25) is 0 Å². The number of benzene rings is 3. The molecule has 0 atom stereocenters. The van der Waals surface area contributed by atoms with Crippen LogP contribution in [0.2, 0.25) is 0 Å². The molecule has 0 fully saturated rings. The highest BCUT2D eigenvalue weighted by atomic mass is 19.1. The number of hydrogen-bond donors (Lipinski definition) is 2. The number of esters is 1. The summed E-state index contributed by atoms with van der Waals surface area (Å²) in [6, 6.07) is 14.7. The molecule has 2 N–H and O–H groups in total. The Morgan fingerprint density at radius 2 is 1.61 bits per heavy atom. The molecule has 12 heteroatoms. The molecule has 0 aliphatic rings. The van der Waals surface area contributed by atoms with Crippen LogP contribution in [0.25, 0.3) is 0 Å². The van der Waals surface area contributed by atoms with Crippen molar-refractivity contribution in [2.24, 2.45) is 5.10 Å². The van der Waals surface area contributed by atoms with E-state index in [9.17, 15) is 28.9 Å². The summed E-state index contributed by atoms with van der Waals surface area (Å²) in [6.07, 6.45) is 0. The number of anilines is 1. The Bertz CT molecular complexity index is 1360. The Kier molecular flexibility index (Phi) is 8.02. The van der Waals surface area contributed by atoms with Crippen molar-refractivity contribution >= 4 is 34.9 Å². The number of ether oxygens (including phenoxy) is 2. The lowest BCUT2D eigenvalue weighted by Crippen LogP contribution is -2.33. The van der Waals surface area contributed by atoms with E-state index in [1.54, 1.807) is 6.92 Å². The lowest BCUT2D eigenvalue weighted by molar-refractivity contribution is -0.384. The number of nitrogens with zero attached hydrogens (tertiary/aromatic N) is 2. The van der Waals surface area contributed by atoms with Crippen LogP contribution in [0.5, 0.6) is 11.5 Å². The molecule has 0 aromatic heterocycles. The van der Waals surface area contributed by atoms with Gasteiger partial charge in [-0.15, -0.1) is 0 Å². The van der Waals surface area contributed by atoms with Crippen LogP contribution >= 0.6 is 0 Å². The molecule has 0 unspecified atom stereocenters. The molecule has 3 aromatic rings. The van der Waals surface area contributed by atoms with Gasteiger partial charge in [0.1, 0.15) is 5.82 Å². The minimum Gasteiger partial charge on any atom is -0.493 e. The number of para-hydroxylation sites is 1. The second kappa shape index (κ2) is 11.3. The maximum Gasteiger partial charge on any atom is 0.343 e. The van der Waals surface area contributed by atoms with E-state index in [1.807, 2.05) is 0 Å². The van der Waals surface area contributed by atoms with E-state index in [0.717, 1.165) is 6.07 Å². The number of nitrogens with one attached hydrogen (secondary N) is 2. The zero-order chi connectivity index (χ0) is 26.2. The number of halogens is 1. The number of non-ortho nitro benzene ring substituents is 1. The second-order valence-electron chi connectivity index (χ2n) is 7.13. The predicted molar refractivity (Wildman–Crippen MR) is 126 cm³/mol. The van der Waals surface area contributed by atoms with Gasteiger partial charge in [0.15, 0.2) is 11.5 Å². The molecule has 0 saturated heterocycles. The van der Waals surface area contributed by atoms with Gasteiger partial charge in [0.05, 0.1) is 29.0 Å². The Labute approximate surface area is 203 Å². The summed E-state index contributed by atoms with van der Waals surface area (Å²) in [7, 11) is 1.35. The van der Waals surface area contributed by atoms with Crippen LogP contribution in [-0.4, -0.2) is 35.5 Å². The number of nitro benzene ring substituents is 1. The van der Waals surface area contributed by atoms with Crippen LogP contribution in [0, 0.1) is 15.9 Å². The first-order chi connectivity index (χ1) is 17.2. The molecule has 0 heterocycles. The Morgan fingerprint density at radius 1 is 0.944 bits per heavy atom. The Morgan fingerprint density at radius 3 is 2.25 bits per heavy atom. The summed E-state index contributed by atoms with van der Waals surface area (Å²) >= 11 is 0. The molecule has 11 nitrogen and oxygen atoms in total. The maximum atomic E-state index is 13.6. The number of carbonyl (C=O) groups is 3. The lowest BCUT2D eigenvalue weighted by atomic mass is 10.1. The molecule has 0 saturated carbocycles. The smallest absolute Gasteiger partial charge is 0.343 e. The third-order valence-corrected chi connectivity index (χ3v) is 4.75. The second-order valence-corrected chi connectivity index (χ2v) is 7.13. The van der Waals surface area contributed by atoms with Crippen LogP contribution in [0.4, 0.5) is 15.8 Å². The van der Waals surface area contributed by atoms with Crippen LogP contribution < -0.4 is 20.2 Å². The van der Waals surface area contributed by atoms with Crippen molar-refractivity contribution in [3.8, 4) is 11.5 Å². The average molecular weight is 494 g/mol. The van der Waals surface area contributed by atoms with E-state index >= 15 is 0 Å². The first kappa shape index (κ1) is 25.5. The summed E-state index contributed by atoms with van der Waals surface area (Å²) in [5.74, 6) is -3.43. The fraction of sp³-hybridized carbons (Fsp3) is 0.0833. The average Bonchev–Trinajstić information content (AvgIpc) is 2.88. The number of methoxy groups -OCH3 is 1. The number of hydrogen-bond acceptors (Lipinski definition) is 8. The first-order valence-corrected chi connectivity index (χ1v) is 10.2. The molecule has 3 aromatic carbocycles. The van der Waals surface area contributed by atoms with Gasteiger partial charge in [-0.25, -0.2) is 14.6 Å². The number of nitro groups is 1. The van der Waals surface area contributed by atoms with Crippen molar-refractivity contribution in [2.45, 2.75) is 6.92 Å². The van der Waals surface area contributed by atoms with Gasteiger partial charge in [0.25, 0.3) is 5.69 Å². The molecule has 3 rings (SSSR count). The fourth-order valence-electron chi connectivity index (χ4n) is 2.85. The first-order valence-electron chi connectivity index (χ1n) is 10.2. The van der Waals surface area contributed by atoms with Crippen LogP contribution in [0.15, 0.2) is 71.8 Å². The highest BCUT2D eigenvalue weighted by molar-refractivity contribution is 6.39. The summed E-state index contributed by atoms with van der Waals surface area (Å²) in [6.45, 7) is 1.55. The van der Waals surface area contributed by atoms with Crippen molar-refractivity contribution in [1.82, 2.24) is 5.43 Å². The largest absolute Gasteiger partial charge is 0.493 e. The SMILES string of the molecule is COc1cc(/C(C)=N/NC(=O)C(=O)Nc2ccccc2F)ccc1OC(=O)c1ccc([N+](=O)[O-])cc1. The third-order valence-electron chi connectivity index (χ3n) is 4.75. The topological polar surface area (TPSA) is 149 Å². The summed E-state index contributed by atoms with van der Waals surface area (Å²) in [4.78, 5) is 46.5. The minimum atomic E-state index is -1.11. The van der Waals surface area contributed by atoms with E-state index < -0.39 is 28.5 Å². The third kappa shape index (κ3) is 6.26. The van der Waals surface area contributed by atoms with Crippen LogP contribution in [-0.2, 0) is 9.59 Å². The molecule has 2 amide bonds. The molecule has 0 bridgehead atoms. The zero-order valence-electron chi connectivity index (χ0n) is 19.0. The molecule has 36 heavy (non-hydrogen) atoms. The predicted octanol–water partition coefficient (Wildman–Crippen LogP) is 3.44. The van der Waals surface area contributed by atoms with Gasteiger partial charge in [-0.3, -0.25) is 19.7 Å². The standard InChI is InChI=1S/C24H19FN4O7/c1-14(27-28-23(31)22(30)26-19-6-4-3-5-18(19)25)16-9-12-20(21(13-16)35-2)36-24(32)15-7-10-17(11-8-15)29(33)34/h3-13H,1-2H3,(H,26,30)(H,28,31)/b27-14+. The molecule has 184 valence electrons. The molecule has 0 spiro atoms. The van der Waals surface area contributed by atoms with Crippen molar-refractivity contribution in [3.63, 3.8) is 0 Å². The lowest BCUT2D eigenvalue weighted by Gasteiger charge is -2.11. The van der Waals surface area contributed by atoms with Gasteiger partial charge in [0, 0.05) is 17.7 Å². The fourth-order valence-corrected chi connectivity index (χ4v) is 2.85. The monoisotopic (exact) mass is 494 g/mol. The molecular weight excluding hydrogens is 475 g/mol. The van der Waals surface area contributed by atoms with E-state index in [1.165, 1.54) is 67.8 Å². The van der Waals surface area contributed by atoms with Crippen molar-refractivity contribution < 1.29 is 33.2 Å². The number of carbonyl (C=O) groups excluding carboxylic acids is 3. The summed E-state index contributed by atoms with van der Waals surface area (Å²) in [5.41, 5.74) is 2.61. The van der Waals surface area contributed by atoms with Gasteiger partial charge in [-0.05, 0) is 49.4 Å². The van der Waals surface area contributed by atoms with E-state index in [2.05, 4.69) is 15.8 Å². The quantitative estimate of drug-likeness (QED) is 0.128. The van der Waals surface area contributed by atoms with E-state index in [-0.39, 0.29) is 34.1 Å². The molecule has 0 radical (unpaired) electrons. The highest BCUT2D eigenvalue weighted by Crippen LogP contribution is 2.29. The Hall–Kier alpha value is -5.13. The normalized spacial score (nSPS) is 10.8. The van der Waals surface area contributed by atoms with Gasteiger partial charge >= 0.3 is 17.8 Å². The van der Waals surface area contributed by atoms with Gasteiger partial charge in [-0.2, -0.15) is 5.10 Å². The van der Waals surface area contributed by atoms with Crippen molar-refractivity contribution in [3.05, 3.63) is 93.8 Å². The van der Waals surface area contributed by atoms with E-state index in [4.69, 9.17) is 9.47 Å². The van der Waals surface area contributed by atoms with Crippen LogP contribution in [0.3, 0.4) is 0 Å². The summed E-state index contributed by atoms with van der Waals surface area (Å²) < 4.78 is 24.2. The van der Waals surface area contributed by atoms with Crippen molar-refractivity contribution in [1.29, 1.82) is 0 Å².